The lowest BCUT2D eigenvalue weighted by atomic mass is 9.82. The van der Waals surface area contributed by atoms with Crippen molar-refractivity contribution in [2.45, 2.75) is 45.4 Å². The predicted octanol–water partition coefficient (Wildman–Crippen LogP) is 3.66. The van der Waals surface area contributed by atoms with Crippen molar-refractivity contribution in [2.24, 2.45) is 5.92 Å². The summed E-state index contributed by atoms with van der Waals surface area (Å²) in [6.07, 6.45) is 4.48. The molecule has 0 saturated heterocycles. The van der Waals surface area contributed by atoms with Crippen LogP contribution in [-0.4, -0.2) is 11.1 Å². The van der Waals surface area contributed by atoms with E-state index in [2.05, 4.69) is 6.07 Å². The molecule has 92 valence electrons. The molecule has 1 unspecified atom stereocenters. The lowest BCUT2D eigenvalue weighted by Crippen LogP contribution is -2.20. The third-order valence-electron chi connectivity index (χ3n) is 3.90. The molecule has 1 atom stereocenters. The third-order valence-corrected chi connectivity index (χ3v) is 3.90. The average molecular weight is 232 g/mol. The van der Waals surface area contributed by atoms with E-state index in [-0.39, 0.29) is 5.92 Å². The first-order chi connectivity index (χ1) is 8.09. The van der Waals surface area contributed by atoms with Crippen LogP contribution in [0.3, 0.4) is 0 Å². The van der Waals surface area contributed by atoms with Crippen LogP contribution in [-0.2, 0) is 4.79 Å². The van der Waals surface area contributed by atoms with Gasteiger partial charge in [-0.05, 0) is 43.7 Å². The smallest absolute Gasteiger partial charge is 0.311 e. The fourth-order valence-corrected chi connectivity index (χ4v) is 3.05. The van der Waals surface area contributed by atoms with Crippen LogP contribution in [0.1, 0.15) is 48.3 Å². The van der Waals surface area contributed by atoms with Gasteiger partial charge in [0.05, 0.1) is 5.92 Å². The molecule has 0 radical (unpaired) electrons. The number of aryl methyl sites for hydroxylation is 2. The minimum absolute atomic E-state index is 0.307. The average Bonchev–Trinajstić information content (AvgIpc) is 2.74. The second kappa shape index (κ2) is 4.91. The van der Waals surface area contributed by atoms with E-state index in [0.29, 0.717) is 5.92 Å². The van der Waals surface area contributed by atoms with Crippen LogP contribution in [0.5, 0.6) is 0 Å². The second-order valence-electron chi connectivity index (χ2n) is 5.22. The van der Waals surface area contributed by atoms with Gasteiger partial charge in [-0.1, -0.05) is 36.6 Å². The summed E-state index contributed by atoms with van der Waals surface area (Å²) in [4.78, 5) is 11.5. The highest BCUT2D eigenvalue weighted by molar-refractivity contribution is 5.77. The highest BCUT2D eigenvalue weighted by atomic mass is 16.4. The van der Waals surface area contributed by atoms with E-state index in [1.807, 2.05) is 26.0 Å². The van der Waals surface area contributed by atoms with Crippen molar-refractivity contribution in [2.75, 3.05) is 0 Å². The first-order valence-electron chi connectivity index (χ1n) is 6.39. The first-order valence-corrected chi connectivity index (χ1v) is 6.39. The Labute approximate surface area is 103 Å². The number of hydrogen-bond donors (Lipinski definition) is 1. The summed E-state index contributed by atoms with van der Waals surface area (Å²) < 4.78 is 0. The fourth-order valence-electron chi connectivity index (χ4n) is 3.05. The van der Waals surface area contributed by atoms with Gasteiger partial charge in [-0.25, -0.2) is 0 Å². The zero-order valence-electron chi connectivity index (χ0n) is 10.6. The Morgan fingerprint density at radius 3 is 2.47 bits per heavy atom. The van der Waals surface area contributed by atoms with Crippen LogP contribution in [0.15, 0.2) is 18.2 Å². The molecule has 0 amide bonds. The Morgan fingerprint density at radius 2 is 1.94 bits per heavy atom. The van der Waals surface area contributed by atoms with Gasteiger partial charge in [0.2, 0.25) is 0 Å². The molecule has 17 heavy (non-hydrogen) atoms. The lowest BCUT2D eigenvalue weighted by Gasteiger charge is -2.21. The normalized spacial score (nSPS) is 18.2. The maximum Gasteiger partial charge on any atom is 0.311 e. The largest absolute Gasteiger partial charge is 0.481 e. The zero-order valence-corrected chi connectivity index (χ0v) is 10.6. The predicted molar refractivity (Wildman–Crippen MR) is 68.3 cm³/mol. The Balaban J connectivity index is 2.35. The van der Waals surface area contributed by atoms with Gasteiger partial charge < -0.3 is 5.11 Å². The Bertz CT molecular complexity index is 417. The molecule has 0 spiro atoms. The Kier molecular flexibility index (Phi) is 3.51. The van der Waals surface area contributed by atoms with Gasteiger partial charge >= 0.3 is 5.97 Å². The number of hydrogen-bond acceptors (Lipinski definition) is 1. The number of carboxylic acid groups (broad SMARTS) is 1. The van der Waals surface area contributed by atoms with Crippen LogP contribution in [0, 0.1) is 19.8 Å². The van der Waals surface area contributed by atoms with Gasteiger partial charge in [0.1, 0.15) is 0 Å². The fraction of sp³-hybridized carbons (Fsp3) is 0.533. The minimum atomic E-state index is -0.663. The van der Waals surface area contributed by atoms with E-state index in [9.17, 15) is 9.90 Å². The van der Waals surface area contributed by atoms with Crippen molar-refractivity contribution in [3.05, 3.63) is 34.9 Å². The molecule has 1 aromatic rings. The first kappa shape index (κ1) is 12.2. The van der Waals surface area contributed by atoms with Crippen molar-refractivity contribution in [3.8, 4) is 0 Å². The third kappa shape index (κ3) is 2.51. The molecule has 1 aliphatic carbocycles. The Hall–Kier alpha value is -1.31. The van der Waals surface area contributed by atoms with E-state index < -0.39 is 5.97 Å². The summed E-state index contributed by atoms with van der Waals surface area (Å²) in [7, 11) is 0. The molecule has 0 aromatic heterocycles. The zero-order chi connectivity index (χ0) is 12.4. The molecule has 1 aliphatic rings. The van der Waals surface area contributed by atoms with Gasteiger partial charge in [0.15, 0.2) is 0 Å². The molecule has 0 bridgehead atoms. The van der Waals surface area contributed by atoms with Crippen LogP contribution in [0.4, 0.5) is 0 Å². The molecule has 1 aromatic carbocycles. The molecule has 1 N–H and O–H groups in total. The lowest BCUT2D eigenvalue weighted by molar-refractivity contribution is -0.140. The van der Waals surface area contributed by atoms with E-state index >= 15 is 0 Å². The maximum absolute atomic E-state index is 11.5. The number of rotatable bonds is 3. The summed E-state index contributed by atoms with van der Waals surface area (Å²) >= 11 is 0. The van der Waals surface area contributed by atoms with Gasteiger partial charge in [-0.3, -0.25) is 4.79 Å². The highest BCUT2D eigenvalue weighted by Crippen LogP contribution is 2.38. The number of aliphatic carboxylic acids is 1. The van der Waals surface area contributed by atoms with Crippen LogP contribution < -0.4 is 0 Å². The molecule has 2 nitrogen and oxygen atoms in total. The maximum atomic E-state index is 11.5. The van der Waals surface area contributed by atoms with Crippen LogP contribution in [0.2, 0.25) is 0 Å². The van der Waals surface area contributed by atoms with Gasteiger partial charge in [0.25, 0.3) is 0 Å². The summed E-state index contributed by atoms with van der Waals surface area (Å²) in [6.45, 7) is 4.06. The van der Waals surface area contributed by atoms with Gasteiger partial charge in [-0.2, -0.15) is 0 Å². The summed E-state index contributed by atoms with van der Waals surface area (Å²) in [5.41, 5.74) is 3.32. The number of carboxylic acids is 1. The van der Waals surface area contributed by atoms with Gasteiger partial charge in [-0.15, -0.1) is 0 Å². The molecule has 0 aliphatic heterocycles. The molecular formula is C15H20O2. The quantitative estimate of drug-likeness (QED) is 0.863. The molecule has 2 rings (SSSR count). The van der Waals surface area contributed by atoms with E-state index in [1.54, 1.807) is 0 Å². The van der Waals surface area contributed by atoms with Gasteiger partial charge in [0, 0.05) is 0 Å². The minimum Gasteiger partial charge on any atom is -0.481 e. The molecule has 1 saturated carbocycles. The van der Waals surface area contributed by atoms with Crippen molar-refractivity contribution < 1.29 is 9.90 Å². The second-order valence-corrected chi connectivity index (χ2v) is 5.22. The summed E-state index contributed by atoms with van der Waals surface area (Å²) in [6, 6.07) is 6.11. The summed E-state index contributed by atoms with van der Waals surface area (Å²) in [5.74, 6) is -0.643. The molecule has 1 fully saturated rings. The number of carbonyl (C=O) groups is 1. The van der Waals surface area contributed by atoms with Crippen LogP contribution in [0.25, 0.3) is 0 Å². The topological polar surface area (TPSA) is 37.3 Å². The van der Waals surface area contributed by atoms with Crippen molar-refractivity contribution in [1.29, 1.82) is 0 Å². The monoisotopic (exact) mass is 232 g/mol. The number of benzene rings is 1. The Morgan fingerprint density at radius 1 is 1.29 bits per heavy atom. The SMILES string of the molecule is Cc1ccc(C(C(=O)O)C2CCCC2)c(C)c1. The van der Waals surface area contributed by atoms with E-state index in [4.69, 9.17) is 0 Å². The molecular weight excluding hydrogens is 212 g/mol. The summed E-state index contributed by atoms with van der Waals surface area (Å²) in [5, 5.41) is 9.48. The molecule has 2 heteroatoms. The van der Waals surface area contributed by atoms with Crippen LogP contribution >= 0.6 is 0 Å². The van der Waals surface area contributed by atoms with Crippen molar-refractivity contribution in [1.82, 2.24) is 0 Å². The van der Waals surface area contributed by atoms with E-state index in [0.717, 1.165) is 24.0 Å². The van der Waals surface area contributed by atoms with Crippen molar-refractivity contribution in [3.63, 3.8) is 0 Å². The molecule has 0 heterocycles. The standard InChI is InChI=1S/C15H20O2/c1-10-7-8-13(11(2)9-10)14(15(16)17)12-5-3-4-6-12/h7-9,12,14H,3-6H2,1-2H3,(H,16,17). The van der Waals surface area contributed by atoms with Crippen molar-refractivity contribution >= 4 is 5.97 Å². The highest BCUT2D eigenvalue weighted by Gasteiger charge is 2.32. The van der Waals surface area contributed by atoms with E-state index in [1.165, 1.54) is 18.4 Å².